The van der Waals surface area contributed by atoms with Gasteiger partial charge in [-0.2, -0.15) is 13.2 Å². The molecule has 13 heteroatoms. The van der Waals surface area contributed by atoms with E-state index in [9.17, 15) is 41.8 Å². The maximum atomic E-state index is 13.9. The third-order valence-electron chi connectivity index (χ3n) is 5.55. The molecule has 0 aliphatic rings. The van der Waals surface area contributed by atoms with E-state index in [0.717, 1.165) is 35.0 Å². The van der Waals surface area contributed by atoms with Crippen molar-refractivity contribution in [2.45, 2.75) is 37.5 Å². The van der Waals surface area contributed by atoms with Crippen LogP contribution in [-0.4, -0.2) is 58.4 Å². The molecular formula is C23H23Cl2F5N2O4. The molecule has 0 saturated heterocycles. The SMILES string of the molecule is CN(C[C@](CCCO)(c1ccc(Cl)c(Cl)c1)N(Cc1ccc(F)c(F)c1)C(=O)O)C(=O)CC(F)(F)F. The van der Waals surface area contributed by atoms with Gasteiger partial charge in [-0.1, -0.05) is 35.3 Å². The van der Waals surface area contributed by atoms with Crippen molar-refractivity contribution in [1.82, 2.24) is 9.80 Å². The minimum Gasteiger partial charge on any atom is -0.465 e. The van der Waals surface area contributed by atoms with Gasteiger partial charge in [0.2, 0.25) is 5.91 Å². The van der Waals surface area contributed by atoms with Crippen molar-refractivity contribution in [3.63, 3.8) is 0 Å². The summed E-state index contributed by atoms with van der Waals surface area (Å²) in [5.41, 5.74) is -1.56. The molecule has 2 aromatic rings. The average Bonchev–Trinajstić information content (AvgIpc) is 2.78. The molecule has 0 aromatic heterocycles. The summed E-state index contributed by atoms with van der Waals surface area (Å²) in [7, 11) is 1.08. The summed E-state index contributed by atoms with van der Waals surface area (Å²) in [5.74, 6) is -3.71. The average molecular weight is 557 g/mol. The summed E-state index contributed by atoms with van der Waals surface area (Å²) in [6.07, 6.45) is -8.34. The number of halogens is 7. The van der Waals surface area contributed by atoms with Crippen LogP contribution in [0.2, 0.25) is 10.0 Å². The van der Waals surface area contributed by atoms with Crippen molar-refractivity contribution < 1.29 is 41.8 Å². The number of amides is 2. The number of hydrogen-bond donors (Lipinski definition) is 2. The van der Waals surface area contributed by atoms with E-state index in [2.05, 4.69) is 0 Å². The minimum atomic E-state index is -4.80. The van der Waals surface area contributed by atoms with E-state index >= 15 is 0 Å². The maximum absolute atomic E-state index is 13.9. The van der Waals surface area contributed by atoms with Crippen LogP contribution in [0.5, 0.6) is 0 Å². The molecule has 0 heterocycles. The molecule has 0 spiro atoms. The third kappa shape index (κ3) is 7.44. The zero-order valence-electron chi connectivity index (χ0n) is 19.0. The number of alkyl halides is 3. The van der Waals surface area contributed by atoms with Crippen LogP contribution >= 0.6 is 23.2 Å². The van der Waals surface area contributed by atoms with Gasteiger partial charge < -0.3 is 15.1 Å². The van der Waals surface area contributed by atoms with Crippen LogP contribution in [0, 0.1) is 11.6 Å². The molecule has 0 saturated carbocycles. The second kappa shape index (κ2) is 12.1. The molecular weight excluding hydrogens is 534 g/mol. The lowest BCUT2D eigenvalue weighted by Gasteiger charge is -2.45. The minimum absolute atomic E-state index is 0.00461. The number of carbonyl (C=O) groups is 2. The van der Waals surface area contributed by atoms with Gasteiger partial charge in [0.05, 0.1) is 22.1 Å². The number of carbonyl (C=O) groups excluding carboxylic acids is 1. The Morgan fingerprint density at radius 3 is 2.19 bits per heavy atom. The lowest BCUT2D eigenvalue weighted by molar-refractivity contribution is -0.161. The molecule has 36 heavy (non-hydrogen) atoms. The molecule has 2 rings (SSSR count). The summed E-state index contributed by atoms with van der Waals surface area (Å²) < 4.78 is 66.0. The Labute approximate surface area is 213 Å². The highest BCUT2D eigenvalue weighted by atomic mass is 35.5. The number of aliphatic hydroxyl groups is 1. The molecule has 0 unspecified atom stereocenters. The van der Waals surface area contributed by atoms with Gasteiger partial charge in [-0.05, 0) is 48.2 Å². The topological polar surface area (TPSA) is 81.1 Å². The molecule has 2 amide bonds. The Balaban J connectivity index is 2.69. The van der Waals surface area contributed by atoms with Gasteiger partial charge in [-0.25, -0.2) is 13.6 Å². The number of nitrogens with zero attached hydrogens (tertiary/aromatic N) is 2. The number of carboxylic acid groups (broad SMARTS) is 1. The van der Waals surface area contributed by atoms with Gasteiger partial charge in [0.15, 0.2) is 11.6 Å². The molecule has 2 aromatic carbocycles. The summed E-state index contributed by atoms with van der Waals surface area (Å²) in [6, 6.07) is 6.80. The fraction of sp³-hybridized carbons (Fsp3) is 0.391. The smallest absolute Gasteiger partial charge is 0.408 e. The normalized spacial score (nSPS) is 13.2. The summed E-state index contributed by atoms with van der Waals surface area (Å²) in [5, 5.41) is 19.8. The van der Waals surface area contributed by atoms with Gasteiger partial charge in [0.25, 0.3) is 0 Å². The summed E-state index contributed by atoms with van der Waals surface area (Å²) in [6.45, 7) is -1.52. The van der Waals surface area contributed by atoms with Crippen LogP contribution in [0.15, 0.2) is 36.4 Å². The number of rotatable bonds is 10. The zero-order chi connectivity index (χ0) is 27.3. The van der Waals surface area contributed by atoms with Crippen molar-refractivity contribution in [2.75, 3.05) is 20.2 Å². The molecule has 0 bridgehead atoms. The summed E-state index contributed by atoms with van der Waals surface area (Å²) in [4.78, 5) is 26.4. The van der Waals surface area contributed by atoms with Gasteiger partial charge in [0.1, 0.15) is 6.42 Å². The molecule has 198 valence electrons. The van der Waals surface area contributed by atoms with Gasteiger partial charge in [-0.15, -0.1) is 0 Å². The lowest BCUT2D eigenvalue weighted by atomic mass is 9.82. The number of benzene rings is 2. The van der Waals surface area contributed by atoms with E-state index in [4.69, 9.17) is 23.2 Å². The van der Waals surface area contributed by atoms with Crippen LogP contribution in [0.3, 0.4) is 0 Å². The second-order valence-electron chi connectivity index (χ2n) is 8.15. The van der Waals surface area contributed by atoms with E-state index in [1.807, 2.05) is 0 Å². The van der Waals surface area contributed by atoms with Crippen molar-refractivity contribution >= 4 is 35.2 Å². The first kappa shape index (κ1) is 29.6. The summed E-state index contributed by atoms with van der Waals surface area (Å²) >= 11 is 12.2. The molecule has 1 atom stereocenters. The fourth-order valence-corrected chi connectivity index (χ4v) is 4.16. The van der Waals surface area contributed by atoms with Crippen molar-refractivity contribution in [3.8, 4) is 0 Å². The zero-order valence-corrected chi connectivity index (χ0v) is 20.5. The Morgan fingerprint density at radius 2 is 1.67 bits per heavy atom. The highest BCUT2D eigenvalue weighted by molar-refractivity contribution is 6.42. The van der Waals surface area contributed by atoms with Gasteiger partial charge in [0, 0.05) is 20.2 Å². The highest BCUT2D eigenvalue weighted by Gasteiger charge is 2.44. The molecule has 0 aliphatic carbocycles. The van der Waals surface area contributed by atoms with Crippen LogP contribution in [0.25, 0.3) is 0 Å². The third-order valence-corrected chi connectivity index (χ3v) is 6.29. The molecule has 0 radical (unpaired) electrons. The standard InChI is InChI=1S/C23H23Cl2F5N2O4/c1-31(20(34)11-23(28,29)30)13-22(7-2-8-33,15-4-5-16(24)17(25)10-15)32(21(35)36)12-14-3-6-18(26)19(27)9-14/h3-6,9-10,33H,2,7-8,11-13H2,1H3,(H,35,36)/t22-/m1/s1. The predicted molar refractivity (Wildman–Crippen MR) is 123 cm³/mol. The first-order valence-corrected chi connectivity index (χ1v) is 11.3. The van der Waals surface area contributed by atoms with E-state index in [-0.39, 0.29) is 34.0 Å². The van der Waals surface area contributed by atoms with E-state index < -0.39 is 61.5 Å². The Morgan fingerprint density at radius 1 is 1.00 bits per heavy atom. The number of likely N-dealkylation sites (N-methyl/N-ethyl adjacent to an activating group) is 1. The van der Waals surface area contributed by atoms with Crippen molar-refractivity contribution in [1.29, 1.82) is 0 Å². The van der Waals surface area contributed by atoms with E-state index in [1.165, 1.54) is 18.2 Å². The van der Waals surface area contributed by atoms with Crippen LogP contribution < -0.4 is 0 Å². The predicted octanol–water partition coefficient (Wildman–Crippen LogP) is 5.83. The lowest BCUT2D eigenvalue weighted by Crippen LogP contribution is -2.55. The monoisotopic (exact) mass is 556 g/mol. The molecule has 0 fully saturated rings. The molecule has 2 N–H and O–H groups in total. The van der Waals surface area contributed by atoms with Crippen LogP contribution in [0.1, 0.15) is 30.4 Å². The van der Waals surface area contributed by atoms with Crippen molar-refractivity contribution in [2.24, 2.45) is 0 Å². The van der Waals surface area contributed by atoms with E-state index in [1.54, 1.807) is 0 Å². The first-order valence-electron chi connectivity index (χ1n) is 10.5. The van der Waals surface area contributed by atoms with Crippen LogP contribution in [0.4, 0.5) is 26.7 Å². The van der Waals surface area contributed by atoms with Crippen molar-refractivity contribution in [3.05, 3.63) is 69.2 Å². The number of aliphatic hydroxyl groups excluding tert-OH is 1. The largest absolute Gasteiger partial charge is 0.465 e. The Hall–Kier alpha value is -2.63. The molecule has 6 nitrogen and oxygen atoms in total. The quantitative estimate of drug-likeness (QED) is 0.361. The molecule has 0 aliphatic heterocycles. The maximum Gasteiger partial charge on any atom is 0.408 e. The first-order chi connectivity index (χ1) is 16.7. The van der Waals surface area contributed by atoms with Gasteiger partial charge >= 0.3 is 12.3 Å². The second-order valence-corrected chi connectivity index (χ2v) is 8.96. The van der Waals surface area contributed by atoms with Gasteiger partial charge in [-0.3, -0.25) is 9.69 Å². The Bertz CT molecular complexity index is 1100. The van der Waals surface area contributed by atoms with E-state index in [0.29, 0.717) is 0 Å². The number of hydrogen-bond acceptors (Lipinski definition) is 3. The highest BCUT2D eigenvalue weighted by Crippen LogP contribution is 2.39. The van der Waals surface area contributed by atoms with Crippen LogP contribution in [-0.2, 0) is 16.9 Å². The Kier molecular flexibility index (Phi) is 9.93. The fourth-order valence-electron chi connectivity index (χ4n) is 3.86.